The van der Waals surface area contributed by atoms with Crippen LogP contribution >= 0.6 is 0 Å². The molecule has 0 saturated carbocycles. The molecule has 0 aliphatic carbocycles. The van der Waals surface area contributed by atoms with E-state index < -0.39 is 0 Å². The fraction of sp³-hybridized carbons (Fsp3) is 0. The Balaban J connectivity index is 0. The third-order valence-corrected chi connectivity index (χ3v) is 0. The molecule has 0 aromatic carbocycles. The second-order valence-electron chi connectivity index (χ2n) is 0. The zero-order chi connectivity index (χ0) is 0. The first-order valence-corrected chi connectivity index (χ1v) is 0. The van der Waals surface area contributed by atoms with Crippen LogP contribution in [0.1, 0.15) is 2.85 Å². The third kappa shape index (κ3) is 22.9. The van der Waals surface area contributed by atoms with E-state index in [1.54, 1.807) is 0 Å². The van der Waals surface area contributed by atoms with Gasteiger partial charge in [-0.1, -0.05) is 0 Å². The average molecular weight is 722 g/mol. The fourth-order valence-electron chi connectivity index (χ4n) is 0. The molecule has 0 aromatic rings. The summed E-state index contributed by atoms with van der Waals surface area (Å²) in [6.45, 7) is 0. The summed E-state index contributed by atoms with van der Waals surface area (Å²) in [5.41, 5.74) is 0. The van der Waals surface area contributed by atoms with Crippen molar-refractivity contribution in [2.75, 3.05) is 0 Å². The van der Waals surface area contributed by atoms with Crippen molar-refractivity contribution in [2.24, 2.45) is 0 Å². The van der Waals surface area contributed by atoms with Gasteiger partial charge in [-0.05, 0) is 0 Å². The van der Waals surface area contributed by atoms with Crippen LogP contribution in [0.25, 0.3) is 0 Å². The van der Waals surface area contributed by atoms with E-state index in [0.29, 0.717) is 0 Å². The Morgan fingerprint density at radius 2 is 1.17 bits per heavy atom. The summed E-state index contributed by atoms with van der Waals surface area (Å²) < 4.78 is 0. The first-order valence-electron chi connectivity index (χ1n) is 0. The van der Waals surface area contributed by atoms with Gasteiger partial charge >= 0.3 is 115 Å². The SMILES string of the molecule is [Ag].[AlH3].[BiH3].[Ca+2].[H-].[H-].[PbH2].[SnH2]. The van der Waals surface area contributed by atoms with Crippen molar-refractivity contribution >= 4 is 133 Å². The number of hydrogen-bond acceptors (Lipinski definition) is 0. The number of rotatable bonds is 0. The van der Waals surface area contributed by atoms with Crippen LogP contribution in [-0.2, 0) is 22.4 Å². The second-order valence-corrected chi connectivity index (χ2v) is 0. The zero-order valence-corrected chi connectivity index (χ0v) is 21.9. The van der Waals surface area contributed by atoms with E-state index in [9.17, 15) is 0 Å². The summed E-state index contributed by atoms with van der Waals surface area (Å²) >= 11 is 0. The van der Waals surface area contributed by atoms with Crippen LogP contribution in [0.4, 0.5) is 0 Å². The van der Waals surface area contributed by atoms with Gasteiger partial charge in [0.2, 0.25) is 0 Å². The van der Waals surface area contributed by atoms with Crippen molar-refractivity contribution in [3.05, 3.63) is 0 Å². The minimum atomic E-state index is 0. The molecule has 0 fully saturated rings. The van der Waals surface area contributed by atoms with Gasteiger partial charge in [0.05, 0.1) is 0 Å². The van der Waals surface area contributed by atoms with Crippen LogP contribution in [-0.4, -0.2) is 133 Å². The fourth-order valence-corrected chi connectivity index (χ4v) is 0. The molecule has 0 spiro atoms. The molecule has 0 aliphatic heterocycles. The molecule has 0 aliphatic rings. The molecule has 0 heterocycles. The van der Waals surface area contributed by atoms with E-state index in [0.717, 1.165) is 0 Å². The molecule has 0 aromatic heterocycles. The number of hydrogen-bond donors (Lipinski definition) is 0. The summed E-state index contributed by atoms with van der Waals surface area (Å²) in [5.74, 6) is 0. The summed E-state index contributed by atoms with van der Waals surface area (Å²) in [6, 6.07) is 0. The Bertz CT molecular complexity index is 22.0. The predicted molar refractivity (Wildman–Crippen MR) is 44.9 cm³/mol. The first kappa shape index (κ1) is 43.4. The van der Waals surface area contributed by atoms with Crippen LogP contribution in [0, 0.1) is 0 Å². The molecule has 5 radical (unpaired) electrons. The monoisotopic (exact) mass is 723 g/mol. The summed E-state index contributed by atoms with van der Waals surface area (Å²) in [6.07, 6.45) is 0. The van der Waals surface area contributed by atoms with Crippen molar-refractivity contribution in [2.45, 2.75) is 0 Å². The van der Waals surface area contributed by atoms with E-state index >= 15 is 0 Å². The van der Waals surface area contributed by atoms with Gasteiger partial charge in [-0.3, -0.25) is 0 Å². The van der Waals surface area contributed by atoms with Gasteiger partial charge in [0.15, 0.2) is 17.4 Å². The maximum absolute atomic E-state index is 0. The van der Waals surface area contributed by atoms with Crippen LogP contribution in [0.2, 0.25) is 0 Å². The topological polar surface area (TPSA) is 0 Å². The van der Waals surface area contributed by atoms with Crippen LogP contribution in [0.15, 0.2) is 0 Å². The van der Waals surface area contributed by atoms with Gasteiger partial charge < -0.3 is 2.85 Å². The Hall–Kier alpha value is 5.14. The maximum atomic E-state index is 0. The molecular weight excluding hydrogens is 710 g/mol. The van der Waals surface area contributed by atoms with E-state index in [1.165, 1.54) is 0 Å². The van der Waals surface area contributed by atoms with Gasteiger partial charge in [-0.15, -0.1) is 0 Å². The molecule has 0 unspecified atom stereocenters. The van der Waals surface area contributed by atoms with Gasteiger partial charge in [-0.2, -0.15) is 0 Å². The van der Waals surface area contributed by atoms with Crippen LogP contribution in [0.5, 0.6) is 0 Å². The molecule has 6 heavy (non-hydrogen) atoms. The molecule has 0 nitrogen and oxygen atoms in total. The van der Waals surface area contributed by atoms with Crippen molar-refractivity contribution < 1.29 is 25.2 Å². The van der Waals surface area contributed by atoms with Crippen molar-refractivity contribution in [1.29, 1.82) is 0 Å². The Kier molecular flexibility index (Phi) is 232. The molecular formula is H12AgAlBiCaPbSn. The molecule has 0 rings (SSSR count). The predicted octanol–water partition coefficient (Wildman–Crippen LogP) is -4.36. The molecule has 6 heteroatoms. The van der Waals surface area contributed by atoms with Gasteiger partial charge in [0.25, 0.3) is 0 Å². The Morgan fingerprint density at radius 1 is 1.17 bits per heavy atom. The molecule has 0 amide bonds. The molecule has 0 atom stereocenters. The normalized spacial score (nSPS) is 0. The molecule has 0 bridgehead atoms. The van der Waals surface area contributed by atoms with Gasteiger partial charge in [-0.25, -0.2) is 0 Å². The third-order valence-electron chi connectivity index (χ3n) is 0. The van der Waals surface area contributed by atoms with E-state index in [2.05, 4.69) is 0 Å². The van der Waals surface area contributed by atoms with Crippen molar-refractivity contribution in [3.8, 4) is 0 Å². The van der Waals surface area contributed by atoms with Crippen molar-refractivity contribution in [1.82, 2.24) is 0 Å². The van der Waals surface area contributed by atoms with Gasteiger partial charge in [0, 0.05) is 22.4 Å². The van der Waals surface area contributed by atoms with Crippen LogP contribution in [0.3, 0.4) is 0 Å². The van der Waals surface area contributed by atoms with Gasteiger partial charge in [0.1, 0.15) is 0 Å². The van der Waals surface area contributed by atoms with Crippen LogP contribution < -0.4 is 0 Å². The van der Waals surface area contributed by atoms with E-state index in [4.69, 9.17) is 0 Å². The average Bonchev–Trinajstić information content (AvgIpc) is 0. The van der Waals surface area contributed by atoms with E-state index in [1.807, 2.05) is 0 Å². The standard InChI is InChI=1S/Ag.Al.Bi.Ca.Pb.Sn.12H/q;;;+2;;;;;;;;;;;;;2*-1. The Morgan fingerprint density at radius 3 is 1.17 bits per heavy atom. The molecule has 41 valence electrons. The zero-order valence-electron chi connectivity index (χ0n) is 5.13. The minimum absolute atomic E-state index is 0. The molecule has 0 saturated heterocycles. The van der Waals surface area contributed by atoms with E-state index in [-0.39, 0.29) is 158 Å². The van der Waals surface area contributed by atoms with Crippen molar-refractivity contribution in [3.63, 3.8) is 0 Å². The second kappa shape index (κ2) is 32.1. The first-order chi connectivity index (χ1) is 0. The molecule has 0 N–H and O–H groups in total. The summed E-state index contributed by atoms with van der Waals surface area (Å²) in [5, 5.41) is 0. The summed E-state index contributed by atoms with van der Waals surface area (Å²) in [4.78, 5) is 0. The summed E-state index contributed by atoms with van der Waals surface area (Å²) in [7, 11) is 0. The Labute approximate surface area is 154 Å². The quantitative estimate of drug-likeness (QED) is 0.222.